The van der Waals surface area contributed by atoms with E-state index in [0.29, 0.717) is 10.0 Å². The van der Waals surface area contributed by atoms with E-state index in [9.17, 15) is 4.79 Å². The summed E-state index contributed by atoms with van der Waals surface area (Å²) in [6.45, 7) is 0.123. The van der Waals surface area contributed by atoms with Crippen LogP contribution in [0, 0.1) is 0 Å². The van der Waals surface area contributed by atoms with Crippen molar-refractivity contribution in [3.05, 3.63) is 33.8 Å². The molecule has 0 atom stereocenters. The normalized spacial score (nSPS) is 10.5. The van der Waals surface area contributed by atoms with Crippen LogP contribution in [0.5, 0.6) is 0 Å². The van der Waals surface area contributed by atoms with E-state index in [1.165, 1.54) is 6.07 Å². The van der Waals surface area contributed by atoms with Crippen molar-refractivity contribution < 1.29 is 10.0 Å². The van der Waals surface area contributed by atoms with E-state index < -0.39 is 0 Å². The molecule has 0 aliphatic carbocycles. The summed E-state index contributed by atoms with van der Waals surface area (Å²) >= 11 is 11.5. The summed E-state index contributed by atoms with van der Waals surface area (Å²) in [5, 5.41) is 14.1. The fourth-order valence-corrected chi connectivity index (χ4v) is 1.32. The lowest BCUT2D eigenvalue weighted by molar-refractivity contribution is 0.0959. The maximum absolute atomic E-state index is 11.5. The number of oxime groups is 1. The highest BCUT2D eigenvalue weighted by molar-refractivity contribution is 6.35. The zero-order valence-electron chi connectivity index (χ0n) is 7.58. The second-order valence-corrected chi connectivity index (χ2v) is 3.48. The molecule has 0 aromatic heterocycles. The Kier molecular flexibility index (Phi) is 4.39. The highest BCUT2D eigenvalue weighted by Crippen LogP contribution is 2.20. The first kappa shape index (κ1) is 11.8. The van der Waals surface area contributed by atoms with Crippen LogP contribution in [0.25, 0.3) is 0 Å². The van der Waals surface area contributed by atoms with Gasteiger partial charge in [0.05, 0.1) is 23.3 Å². The molecule has 1 aromatic rings. The summed E-state index contributed by atoms with van der Waals surface area (Å²) in [6, 6.07) is 4.60. The lowest BCUT2D eigenvalue weighted by Gasteiger charge is -2.04. The predicted molar refractivity (Wildman–Crippen MR) is 59.1 cm³/mol. The molecule has 0 radical (unpaired) electrons. The molecule has 4 nitrogen and oxygen atoms in total. The number of hydrogen-bond donors (Lipinski definition) is 2. The van der Waals surface area contributed by atoms with E-state index in [0.717, 1.165) is 6.21 Å². The van der Waals surface area contributed by atoms with Gasteiger partial charge in [-0.05, 0) is 18.2 Å². The number of hydrogen-bond acceptors (Lipinski definition) is 3. The van der Waals surface area contributed by atoms with E-state index >= 15 is 0 Å². The number of halogens is 2. The molecule has 0 unspecified atom stereocenters. The summed E-state index contributed by atoms with van der Waals surface area (Å²) in [6.07, 6.45) is 1.15. The molecule has 0 bridgehead atoms. The van der Waals surface area contributed by atoms with Gasteiger partial charge in [0.15, 0.2) is 0 Å². The Hall–Kier alpha value is -1.26. The number of carbonyl (C=O) groups is 1. The van der Waals surface area contributed by atoms with Crippen LogP contribution >= 0.6 is 23.2 Å². The average molecular weight is 247 g/mol. The molecule has 0 heterocycles. The maximum atomic E-state index is 11.5. The van der Waals surface area contributed by atoms with Crippen LogP contribution in [0.3, 0.4) is 0 Å². The summed E-state index contributed by atoms with van der Waals surface area (Å²) in [4.78, 5) is 11.5. The van der Waals surface area contributed by atoms with Crippen molar-refractivity contribution in [2.24, 2.45) is 5.16 Å². The third kappa shape index (κ3) is 3.42. The third-order valence-corrected chi connectivity index (χ3v) is 2.17. The highest BCUT2D eigenvalue weighted by Gasteiger charge is 2.09. The largest absolute Gasteiger partial charge is 0.411 e. The van der Waals surface area contributed by atoms with E-state index in [2.05, 4.69) is 10.5 Å². The van der Waals surface area contributed by atoms with Crippen LogP contribution in [0.15, 0.2) is 23.4 Å². The zero-order valence-corrected chi connectivity index (χ0v) is 9.09. The van der Waals surface area contributed by atoms with Gasteiger partial charge >= 0.3 is 0 Å². The van der Waals surface area contributed by atoms with Gasteiger partial charge in [-0.1, -0.05) is 23.2 Å². The van der Waals surface area contributed by atoms with Gasteiger partial charge < -0.3 is 10.5 Å². The molecule has 0 aliphatic rings. The Morgan fingerprint density at radius 1 is 1.53 bits per heavy atom. The summed E-state index contributed by atoms with van der Waals surface area (Å²) in [5.74, 6) is -0.373. The molecule has 1 aromatic carbocycles. The SMILES string of the molecule is O=C(NCC=NO)c1cc(Cl)ccc1Cl. The van der Waals surface area contributed by atoms with Gasteiger partial charge in [0.1, 0.15) is 0 Å². The standard InChI is InChI=1S/C9H8Cl2N2O2/c10-6-1-2-8(11)7(5-6)9(14)12-3-4-13-15/h1-2,4-5,15H,3H2,(H,12,14). The first-order valence-corrected chi connectivity index (χ1v) is 4.80. The maximum Gasteiger partial charge on any atom is 0.253 e. The Morgan fingerprint density at radius 3 is 2.93 bits per heavy atom. The number of carbonyl (C=O) groups excluding carboxylic acids is 1. The molecule has 0 fully saturated rings. The molecule has 1 rings (SSSR count). The van der Waals surface area contributed by atoms with Gasteiger partial charge in [0.25, 0.3) is 5.91 Å². The minimum atomic E-state index is -0.373. The Balaban J connectivity index is 2.77. The van der Waals surface area contributed by atoms with Gasteiger partial charge in [-0.2, -0.15) is 0 Å². The van der Waals surface area contributed by atoms with Crippen LogP contribution in [0.2, 0.25) is 10.0 Å². The van der Waals surface area contributed by atoms with Crippen molar-refractivity contribution in [2.45, 2.75) is 0 Å². The van der Waals surface area contributed by atoms with E-state index in [-0.39, 0.29) is 18.0 Å². The molecule has 0 spiro atoms. The van der Waals surface area contributed by atoms with E-state index in [1.807, 2.05) is 0 Å². The molecule has 6 heteroatoms. The molecular formula is C9H8Cl2N2O2. The molecule has 80 valence electrons. The van der Waals surface area contributed by atoms with Crippen LogP contribution in [0.1, 0.15) is 10.4 Å². The van der Waals surface area contributed by atoms with Crippen LogP contribution < -0.4 is 5.32 Å². The van der Waals surface area contributed by atoms with Crippen LogP contribution in [-0.4, -0.2) is 23.9 Å². The van der Waals surface area contributed by atoms with Crippen molar-refractivity contribution in [1.29, 1.82) is 0 Å². The second-order valence-electron chi connectivity index (χ2n) is 2.63. The van der Waals surface area contributed by atoms with Crippen molar-refractivity contribution in [3.8, 4) is 0 Å². The smallest absolute Gasteiger partial charge is 0.253 e. The Morgan fingerprint density at radius 2 is 2.27 bits per heavy atom. The molecule has 0 saturated carbocycles. The number of rotatable bonds is 3. The minimum Gasteiger partial charge on any atom is -0.411 e. The molecular weight excluding hydrogens is 239 g/mol. The van der Waals surface area contributed by atoms with Crippen molar-refractivity contribution in [1.82, 2.24) is 5.32 Å². The first-order chi connectivity index (χ1) is 7.15. The third-order valence-electron chi connectivity index (χ3n) is 1.61. The molecule has 15 heavy (non-hydrogen) atoms. The Labute approximate surface area is 96.5 Å². The summed E-state index contributed by atoms with van der Waals surface area (Å²) in [7, 11) is 0. The fourth-order valence-electron chi connectivity index (χ4n) is 0.946. The molecule has 0 saturated heterocycles. The summed E-state index contributed by atoms with van der Waals surface area (Å²) < 4.78 is 0. The van der Waals surface area contributed by atoms with Crippen LogP contribution in [-0.2, 0) is 0 Å². The number of nitrogens with zero attached hydrogens (tertiary/aromatic N) is 1. The lowest BCUT2D eigenvalue weighted by Crippen LogP contribution is -2.25. The second kappa shape index (κ2) is 5.58. The number of amides is 1. The van der Waals surface area contributed by atoms with Gasteiger partial charge in [-0.3, -0.25) is 4.79 Å². The average Bonchev–Trinajstić information content (AvgIpc) is 2.22. The van der Waals surface area contributed by atoms with Gasteiger partial charge in [0.2, 0.25) is 0 Å². The van der Waals surface area contributed by atoms with Crippen LogP contribution in [0.4, 0.5) is 0 Å². The van der Waals surface area contributed by atoms with E-state index in [1.54, 1.807) is 12.1 Å². The fraction of sp³-hybridized carbons (Fsp3) is 0.111. The quantitative estimate of drug-likeness (QED) is 0.488. The van der Waals surface area contributed by atoms with E-state index in [4.69, 9.17) is 28.4 Å². The predicted octanol–water partition coefficient (Wildman–Crippen LogP) is 2.18. The van der Waals surface area contributed by atoms with Crippen molar-refractivity contribution in [2.75, 3.05) is 6.54 Å². The van der Waals surface area contributed by atoms with Gasteiger partial charge in [-0.25, -0.2) is 0 Å². The topological polar surface area (TPSA) is 61.7 Å². The Bertz CT molecular complexity index is 394. The molecule has 2 N–H and O–H groups in total. The summed E-state index contributed by atoms with van der Waals surface area (Å²) in [5.41, 5.74) is 0.288. The highest BCUT2D eigenvalue weighted by atomic mass is 35.5. The number of nitrogens with one attached hydrogen (secondary N) is 1. The minimum absolute atomic E-state index is 0.123. The first-order valence-electron chi connectivity index (χ1n) is 4.04. The van der Waals surface area contributed by atoms with Gasteiger partial charge in [0, 0.05) is 5.02 Å². The molecule has 0 aliphatic heterocycles. The lowest BCUT2D eigenvalue weighted by atomic mass is 10.2. The van der Waals surface area contributed by atoms with Crippen molar-refractivity contribution >= 4 is 35.3 Å². The van der Waals surface area contributed by atoms with Gasteiger partial charge in [-0.15, -0.1) is 5.16 Å². The monoisotopic (exact) mass is 246 g/mol. The zero-order chi connectivity index (χ0) is 11.3. The molecule has 1 amide bonds. The number of benzene rings is 1. The van der Waals surface area contributed by atoms with Crippen molar-refractivity contribution in [3.63, 3.8) is 0 Å².